The molecule has 3 heterocycles. The van der Waals surface area contributed by atoms with E-state index in [1.165, 1.54) is 12.1 Å². The standard InChI is InChI=1S/C24H29FN6O/c1-15(2)14-20(32)29-10-12-30(13-11-29)23-21-16(3)28-31(19-8-6-18(25)7-9-19)24(21)27-22(26-23)17-4-5-17/h6-9,15,17H,4-5,10-14H2,1-3H3. The second-order valence-corrected chi connectivity index (χ2v) is 9.32. The molecule has 0 unspecified atom stereocenters. The van der Waals surface area contributed by atoms with Crippen molar-refractivity contribution in [1.29, 1.82) is 0 Å². The van der Waals surface area contributed by atoms with Gasteiger partial charge in [0, 0.05) is 38.5 Å². The third kappa shape index (κ3) is 3.94. The molecule has 1 saturated heterocycles. The summed E-state index contributed by atoms with van der Waals surface area (Å²) in [5, 5.41) is 5.67. The fourth-order valence-corrected chi connectivity index (χ4v) is 4.34. The van der Waals surface area contributed by atoms with Gasteiger partial charge in [-0.25, -0.2) is 19.0 Å². The van der Waals surface area contributed by atoms with Crippen LogP contribution in [0.2, 0.25) is 0 Å². The number of amides is 1. The molecule has 32 heavy (non-hydrogen) atoms. The van der Waals surface area contributed by atoms with Crippen molar-refractivity contribution >= 4 is 22.8 Å². The summed E-state index contributed by atoms with van der Waals surface area (Å²) in [6.45, 7) is 8.98. The lowest BCUT2D eigenvalue weighted by Crippen LogP contribution is -2.49. The Bertz CT molecular complexity index is 1140. The zero-order valence-electron chi connectivity index (χ0n) is 18.9. The first kappa shape index (κ1) is 20.8. The van der Waals surface area contributed by atoms with Gasteiger partial charge >= 0.3 is 0 Å². The molecule has 0 bridgehead atoms. The molecule has 0 atom stereocenters. The quantitative estimate of drug-likeness (QED) is 0.608. The van der Waals surface area contributed by atoms with Crippen molar-refractivity contribution in [2.45, 2.75) is 46.0 Å². The topological polar surface area (TPSA) is 67.2 Å². The van der Waals surface area contributed by atoms with E-state index in [1.807, 2.05) is 11.8 Å². The van der Waals surface area contributed by atoms with Gasteiger partial charge in [-0.2, -0.15) is 5.10 Å². The predicted molar refractivity (Wildman–Crippen MR) is 122 cm³/mol. The van der Waals surface area contributed by atoms with Crippen LogP contribution in [0.3, 0.4) is 0 Å². The lowest BCUT2D eigenvalue weighted by Gasteiger charge is -2.36. The van der Waals surface area contributed by atoms with Gasteiger partial charge in [0.15, 0.2) is 5.65 Å². The number of anilines is 1. The zero-order chi connectivity index (χ0) is 22.4. The lowest BCUT2D eigenvalue weighted by atomic mass is 10.1. The van der Waals surface area contributed by atoms with Gasteiger partial charge in [0.1, 0.15) is 17.5 Å². The third-order valence-corrected chi connectivity index (χ3v) is 6.23. The minimum absolute atomic E-state index is 0.228. The predicted octanol–water partition coefficient (Wildman–Crippen LogP) is 3.84. The SMILES string of the molecule is Cc1nn(-c2ccc(F)cc2)c2nc(C3CC3)nc(N3CCN(C(=O)CC(C)C)CC3)c12. The summed E-state index contributed by atoms with van der Waals surface area (Å²) in [6, 6.07) is 6.32. The largest absolute Gasteiger partial charge is 0.352 e. The first-order valence-corrected chi connectivity index (χ1v) is 11.5. The average Bonchev–Trinajstić information content (AvgIpc) is 3.57. The van der Waals surface area contributed by atoms with E-state index in [0.717, 1.165) is 60.0 Å². The van der Waals surface area contributed by atoms with Gasteiger partial charge < -0.3 is 9.80 Å². The monoisotopic (exact) mass is 436 g/mol. The molecule has 1 aliphatic carbocycles. The Morgan fingerprint density at radius 2 is 1.78 bits per heavy atom. The molecule has 2 aromatic heterocycles. The van der Waals surface area contributed by atoms with E-state index in [2.05, 4.69) is 18.7 Å². The molecular weight excluding hydrogens is 407 g/mol. The van der Waals surface area contributed by atoms with Crippen LogP contribution in [-0.2, 0) is 4.79 Å². The fraction of sp³-hybridized carbons (Fsp3) is 0.500. The molecule has 1 aromatic carbocycles. The van der Waals surface area contributed by atoms with Gasteiger partial charge in [-0.15, -0.1) is 0 Å². The van der Waals surface area contributed by atoms with E-state index in [4.69, 9.17) is 15.1 Å². The van der Waals surface area contributed by atoms with E-state index in [0.29, 0.717) is 31.3 Å². The van der Waals surface area contributed by atoms with Crippen LogP contribution in [0.1, 0.15) is 50.5 Å². The number of aromatic nitrogens is 4. The first-order valence-electron chi connectivity index (χ1n) is 11.5. The summed E-state index contributed by atoms with van der Waals surface area (Å²) < 4.78 is 15.3. The van der Waals surface area contributed by atoms with Gasteiger partial charge in [-0.05, 0) is 49.9 Å². The highest BCUT2D eigenvalue weighted by molar-refractivity contribution is 5.91. The van der Waals surface area contributed by atoms with Crippen LogP contribution in [0.5, 0.6) is 0 Å². The Kier molecular flexibility index (Phi) is 5.31. The van der Waals surface area contributed by atoms with Gasteiger partial charge in [0.05, 0.1) is 16.8 Å². The molecule has 168 valence electrons. The molecule has 2 fully saturated rings. The minimum atomic E-state index is -0.277. The maximum absolute atomic E-state index is 13.5. The number of aryl methyl sites for hydroxylation is 1. The zero-order valence-corrected chi connectivity index (χ0v) is 18.9. The summed E-state index contributed by atoms with van der Waals surface area (Å²) in [6.07, 6.45) is 2.80. The Labute approximate surface area is 187 Å². The van der Waals surface area contributed by atoms with Gasteiger partial charge in [0.25, 0.3) is 0 Å². The Hall–Kier alpha value is -3.03. The number of rotatable bonds is 5. The molecule has 0 radical (unpaired) electrons. The normalized spacial score (nSPS) is 16.9. The molecular formula is C24H29FN6O. The van der Waals surface area contributed by atoms with Crippen molar-refractivity contribution in [1.82, 2.24) is 24.6 Å². The molecule has 2 aliphatic rings. The number of carbonyl (C=O) groups is 1. The molecule has 7 nitrogen and oxygen atoms in total. The van der Waals surface area contributed by atoms with E-state index < -0.39 is 0 Å². The van der Waals surface area contributed by atoms with Crippen molar-refractivity contribution in [2.75, 3.05) is 31.1 Å². The number of hydrogen-bond acceptors (Lipinski definition) is 5. The van der Waals surface area contributed by atoms with E-state index >= 15 is 0 Å². The summed E-state index contributed by atoms with van der Waals surface area (Å²) in [5.74, 6) is 2.46. The van der Waals surface area contributed by atoms with E-state index in [-0.39, 0.29) is 11.7 Å². The van der Waals surface area contributed by atoms with Gasteiger partial charge in [-0.1, -0.05) is 13.8 Å². The van der Waals surface area contributed by atoms with Gasteiger partial charge in [0.2, 0.25) is 5.91 Å². The Balaban J connectivity index is 1.51. The smallest absolute Gasteiger partial charge is 0.222 e. The van der Waals surface area contributed by atoms with Crippen LogP contribution in [0.25, 0.3) is 16.7 Å². The first-order chi connectivity index (χ1) is 15.4. The number of carbonyl (C=O) groups excluding carboxylic acids is 1. The number of benzene rings is 1. The van der Waals surface area contributed by atoms with Crippen LogP contribution >= 0.6 is 0 Å². The molecule has 1 saturated carbocycles. The summed E-state index contributed by atoms with van der Waals surface area (Å²) >= 11 is 0. The van der Waals surface area contributed by atoms with Crippen molar-refractivity contribution in [3.8, 4) is 5.69 Å². The summed E-state index contributed by atoms with van der Waals surface area (Å²) in [7, 11) is 0. The molecule has 1 amide bonds. The van der Waals surface area contributed by atoms with Crippen LogP contribution in [0.4, 0.5) is 10.2 Å². The van der Waals surface area contributed by atoms with Gasteiger partial charge in [-0.3, -0.25) is 4.79 Å². The van der Waals surface area contributed by atoms with Crippen LogP contribution in [-0.4, -0.2) is 56.7 Å². The van der Waals surface area contributed by atoms with E-state index in [9.17, 15) is 9.18 Å². The second kappa shape index (κ2) is 8.15. The average molecular weight is 437 g/mol. The fourth-order valence-electron chi connectivity index (χ4n) is 4.34. The Morgan fingerprint density at radius 3 is 2.41 bits per heavy atom. The number of fused-ring (bicyclic) bond motifs is 1. The molecule has 5 rings (SSSR count). The highest BCUT2D eigenvalue weighted by atomic mass is 19.1. The number of piperazine rings is 1. The summed E-state index contributed by atoms with van der Waals surface area (Å²) in [4.78, 5) is 26.6. The lowest BCUT2D eigenvalue weighted by molar-refractivity contribution is -0.132. The van der Waals surface area contributed by atoms with Crippen LogP contribution in [0, 0.1) is 18.7 Å². The van der Waals surface area contributed by atoms with Crippen LogP contribution < -0.4 is 4.90 Å². The molecule has 8 heteroatoms. The maximum atomic E-state index is 13.5. The molecule has 1 aliphatic heterocycles. The molecule has 0 spiro atoms. The third-order valence-electron chi connectivity index (χ3n) is 6.23. The maximum Gasteiger partial charge on any atom is 0.222 e. The highest BCUT2D eigenvalue weighted by Gasteiger charge is 2.31. The molecule has 0 N–H and O–H groups in total. The highest BCUT2D eigenvalue weighted by Crippen LogP contribution is 2.40. The molecule has 3 aromatic rings. The number of halogens is 1. The van der Waals surface area contributed by atoms with Crippen molar-refractivity contribution in [2.24, 2.45) is 5.92 Å². The second-order valence-electron chi connectivity index (χ2n) is 9.32. The number of hydrogen-bond donors (Lipinski definition) is 0. The van der Waals surface area contributed by atoms with Crippen molar-refractivity contribution in [3.63, 3.8) is 0 Å². The van der Waals surface area contributed by atoms with Crippen molar-refractivity contribution in [3.05, 3.63) is 41.6 Å². The van der Waals surface area contributed by atoms with E-state index in [1.54, 1.807) is 16.8 Å². The minimum Gasteiger partial charge on any atom is -0.352 e. The number of nitrogens with zero attached hydrogens (tertiary/aromatic N) is 6. The van der Waals surface area contributed by atoms with Crippen molar-refractivity contribution < 1.29 is 9.18 Å². The summed E-state index contributed by atoms with van der Waals surface area (Å²) in [5.41, 5.74) is 2.39. The Morgan fingerprint density at radius 1 is 1.09 bits per heavy atom. The van der Waals surface area contributed by atoms with Crippen LogP contribution in [0.15, 0.2) is 24.3 Å².